The third-order valence-electron chi connectivity index (χ3n) is 6.10. The van der Waals surface area contributed by atoms with Crippen LogP contribution in [0.25, 0.3) is 0 Å². The number of nitrogens with zero attached hydrogens (tertiary/aromatic N) is 1. The largest absolute Gasteiger partial charge is 0.353 e. The third kappa shape index (κ3) is 2.54. The van der Waals surface area contributed by atoms with Gasteiger partial charge in [0.25, 0.3) is 0 Å². The molecule has 1 aromatic rings. The van der Waals surface area contributed by atoms with Crippen molar-refractivity contribution in [3.63, 3.8) is 0 Å². The normalized spacial score (nSPS) is 33.1. The van der Waals surface area contributed by atoms with Crippen molar-refractivity contribution in [1.82, 2.24) is 5.32 Å². The number of likely N-dealkylation sites (tertiary alicyclic amines) is 1. The predicted octanol–water partition coefficient (Wildman–Crippen LogP) is 4.36. The number of nitrogens with one attached hydrogen (secondary N) is 1. The van der Waals surface area contributed by atoms with Crippen LogP contribution in [0.3, 0.4) is 0 Å². The monoisotopic (exact) mass is 401 g/mol. The average molecular weight is 402 g/mol. The van der Waals surface area contributed by atoms with Gasteiger partial charge in [-0.25, -0.2) is 18.1 Å². The lowest BCUT2D eigenvalue weighted by molar-refractivity contribution is -0.912. The fourth-order valence-corrected chi connectivity index (χ4v) is 5.05. The first kappa shape index (κ1) is 18.0. The SMILES string of the molecule is CC[C@]1(C)CCC[N+]1(C(=O)c1c(F)cc(Br)cc1F)[C@H]1CCCN1. The molecule has 0 spiro atoms. The van der Waals surface area contributed by atoms with Gasteiger partial charge in [-0.15, -0.1) is 0 Å². The molecule has 3 atom stereocenters. The maximum atomic E-state index is 14.5. The van der Waals surface area contributed by atoms with Crippen LogP contribution in [0.4, 0.5) is 8.78 Å². The van der Waals surface area contributed by atoms with Crippen LogP contribution in [-0.4, -0.2) is 35.2 Å². The second kappa shape index (κ2) is 6.46. The molecule has 2 aliphatic heterocycles. The minimum absolute atomic E-state index is 0.0626. The molecule has 132 valence electrons. The highest BCUT2D eigenvalue weighted by molar-refractivity contribution is 9.10. The van der Waals surface area contributed by atoms with Crippen LogP contribution in [0.15, 0.2) is 16.6 Å². The molecule has 2 fully saturated rings. The zero-order chi connectivity index (χ0) is 17.5. The van der Waals surface area contributed by atoms with Gasteiger partial charge in [-0.2, -0.15) is 0 Å². The van der Waals surface area contributed by atoms with Crippen LogP contribution in [0.2, 0.25) is 0 Å². The van der Waals surface area contributed by atoms with E-state index in [1.807, 2.05) is 0 Å². The topological polar surface area (TPSA) is 29.1 Å². The van der Waals surface area contributed by atoms with E-state index in [1.165, 1.54) is 12.1 Å². The number of hydrogen-bond donors (Lipinski definition) is 1. The number of quaternary nitrogens is 1. The Balaban J connectivity index is 2.15. The van der Waals surface area contributed by atoms with Gasteiger partial charge in [-0.05, 0) is 31.9 Å². The Labute approximate surface area is 150 Å². The molecule has 6 heteroatoms. The van der Waals surface area contributed by atoms with Crippen molar-refractivity contribution in [2.24, 2.45) is 0 Å². The number of benzene rings is 1. The summed E-state index contributed by atoms with van der Waals surface area (Å²) in [4.78, 5) is 13.5. The van der Waals surface area contributed by atoms with Gasteiger partial charge in [0, 0.05) is 30.3 Å². The summed E-state index contributed by atoms with van der Waals surface area (Å²) in [5.41, 5.74) is -0.695. The molecule has 0 saturated carbocycles. The molecule has 0 aromatic heterocycles. The van der Waals surface area contributed by atoms with Gasteiger partial charge in [-0.1, -0.05) is 22.9 Å². The summed E-state index contributed by atoms with van der Waals surface area (Å²) in [6, 6.07) is 2.35. The number of carbonyl (C=O) groups excluding carboxylic acids is 1. The predicted molar refractivity (Wildman–Crippen MR) is 92.5 cm³/mol. The van der Waals surface area contributed by atoms with Crippen molar-refractivity contribution in [3.05, 3.63) is 33.8 Å². The second-order valence-electron chi connectivity index (χ2n) is 7.21. The van der Waals surface area contributed by atoms with Crippen molar-refractivity contribution >= 4 is 21.8 Å². The van der Waals surface area contributed by atoms with Gasteiger partial charge in [0.05, 0.1) is 6.54 Å². The zero-order valence-electron chi connectivity index (χ0n) is 14.2. The summed E-state index contributed by atoms with van der Waals surface area (Å²) in [6.45, 7) is 5.64. The Hall–Kier alpha value is -0.850. The van der Waals surface area contributed by atoms with E-state index in [0.717, 1.165) is 38.6 Å². The van der Waals surface area contributed by atoms with Gasteiger partial charge in [0.2, 0.25) is 0 Å². The van der Waals surface area contributed by atoms with Crippen LogP contribution in [-0.2, 0) is 0 Å². The summed E-state index contributed by atoms with van der Waals surface area (Å²) in [7, 11) is 0. The van der Waals surface area contributed by atoms with Crippen LogP contribution in [0.1, 0.15) is 56.3 Å². The van der Waals surface area contributed by atoms with E-state index in [2.05, 4.69) is 35.1 Å². The van der Waals surface area contributed by atoms with Gasteiger partial charge < -0.3 is 0 Å². The smallest absolute Gasteiger partial charge is 0.267 e. The minimum atomic E-state index is -0.785. The van der Waals surface area contributed by atoms with Crippen LogP contribution >= 0.6 is 15.9 Å². The fraction of sp³-hybridized carbons (Fsp3) is 0.611. The highest BCUT2D eigenvalue weighted by Gasteiger charge is 2.61. The highest BCUT2D eigenvalue weighted by Crippen LogP contribution is 2.45. The summed E-state index contributed by atoms with van der Waals surface area (Å²) in [6.07, 6.45) is 4.38. The number of rotatable bonds is 3. The molecule has 24 heavy (non-hydrogen) atoms. The van der Waals surface area contributed by atoms with E-state index >= 15 is 0 Å². The number of amides is 1. The van der Waals surface area contributed by atoms with Crippen LogP contribution < -0.4 is 5.32 Å². The molecule has 1 N–H and O–H groups in total. The number of carbonyl (C=O) groups is 1. The van der Waals surface area contributed by atoms with E-state index < -0.39 is 23.1 Å². The van der Waals surface area contributed by atoms with Crippen molar-refractivity contribution in [3.8, 4) is 0 Å². The Morgan fingerprint density at radius 2 is 2.04 bits per heavy atom. The molecule has 1 amide bonds. The standard InChI is InChI=1S/C18H24BrF2N2O/c1-3-18(2)7-5-9-23(18,15-6-4-8-22-15)17(24)16-13(20)10-12(19)11-14(16)21/h10-11,15,22H,3-9H2,1-2H3/q+1/t15-,18+,23?/m0/s1. The Morgan fingerprint density at radius 1 is 1.38 bits per heavy atom. The van der Waals surface area contributed by atoms with E-state index in [4.69, 9.17) is 0 Å². The molecular formula is C18H24BrF2N2O+. The van der Waals surface area contributed by atoms with Crippen LogP contribution in [0.5, 0.6) is 0 Å². The Bertz CT molecular complexity index is 639. The van der Waals surface area contributed by atoms with E-state index in [9.17, 15) is 13.6 Å². The van der Waals surface area contributed by atoms with Crippen molar-refractivity contribution in [2.75, 3.05) is 13.1 Å². The van der Waals surface area contributed by atoms with Crippen molar-refractivity contribution in [1.29, 1.82) is 0 Å². The molecule has 2 heterocycles. The van der Waals surface area contributed by atoms with E-state index in [-0.39, 0.29) is 16.2 Å². The lowest BCUT2D eigenvalue weighted by Crippen LogP contribution is -2.70. The molecule has 1 unspecified atom stereocenters. The maximum absolute atomic E-state index is 14.5. The van der Waals surface area contributed by atoms with Gasteiger partial charge >= 0.3 is 5.91 Å². The third-order valence-corrected chi connectivity index (χ3v) is 6.56. The molecule has 3 nitrogen and oxygen atoms in total. The molecular weight excluding hydrogens is 378 g/mol. The first-order valence-electron chi connectivity index (χ1n) is 8.66. The summed E-state index contributed by atoms with van der Waals surface area (Å²) in [5.74, 6) is -1.99. The van der Waals surface area contributed by atoms with Crippen molar-refractivity contribution in [2.45, 2.75) is 57.7 Å². The summed E-state index contributed by atoms with van der Waals surface area (Å²) < 4.78 is 29.4. The highest BCUT2D eigenvalue weighted by atomic mass is 79.9. The van der Waals surface area contributed by atoms with Crippen molar-refractivity contribution < 1.29 is 18.1 Å². The fourth-order valence-electron chi connectivity index (χ4n) is 4.65. The average Bonchev–Trinajstić information content (AvgIpc) is 3.14. The lowest BCUT2D eigenvalue weighted by Gasteiger charge is -2.48. The Morgan fingerprint density at radius 3 is 2.58 bits per heavy atom. The Kier molecular flexibility index (Phi) is 4.84. The van der Waals surface area contributed by atoms with Crippen LogP contribution in [0, 0.1) is 11.6 Å². The number of halogens is 3. The van der Waals surface area contributed by atoms with Gasteiger partial charge in [0.15, 0.2) is 11.7 Å². The van der Waals surface area contributed by atoms with Gasteiger partial charge in [-0.3, -0.25) is 5.32 Å². The molecule has 0 aliphatic carbocycles. The molecule has 0 radical (unpaired) electrons. The summed E-state index contributed by atoms with van der Waals surface area (Å²) >= 11 is 3.09. The second-order valence-corrected chi connectivity index (χ2v) is 8.12. The zero-order valence-corrected chi connectivity index (χ0v) is 15.8. The molecule has 2 saturated heterocycles. The molecule has 3 rings (SSSR count). The molecule has 1 aromatic carbocycles. The quantitative estimate of drug-likeness (QED) is 0.762. The first-order chi connectivity index (χ1) is 11.4. The van der Waals surface area contributed by atoms with E-state index in [1.54, 1.807) is 0 Å². The molecule has 0 bridgehead atoms. The molecule has 2 aliphatic rings. The van der Waals surface area contributed by atoms with E-state index in [0.29, 0.717) is 11.0 Å². The minimum Gasteiger partial charge on any atom is -0.267 e. The first-order valence-corrected chi connectivity index (χ1v) is 9.46. The lowest BCUT2D eigenvalue weighted by atomic mass is 9.90. The summed E-state index contributed by atoms with van der Waals surface area (Å²) in [5, 5.41) is 3.43. The number of hydrogen-bond acceptors (Lipinski definition) is 2. The van der Waals surface area contributed by atoms with Gasteiger partial charge in [0.1, 0.15) is 17.2 Å². The maximum Gasteiger partial charge on any atom is 0.353 e.